The number of hydrogen-bond acceptors (Lipinski definition) is 8. The van der Waals surface area contributed by atoms with Crippen LogP contribution in [0.15, 0.2) is 51.4 Å². The first-order valence-corrected chi connectivity index (χ1v) is 14.2. The number of halogens is 2. The highest BCUT2D eigenvalue weighted by Crippen LogP contribution is 2.36. The van der Waals surface area contributed by atoms with E-state index in [9.17, 15) is 9.59 Å². The third kappa shape index (κ3) is 5.30. The van der Waals surface area contributed by atoms with E-state index in [1.165, 1.54) is 18.4 Å². The van der Waals surface area contributed by atoms with Crippen LogP contribution in [-0.2, 0) is 9.53 Å². The van der Waals surface area contributed by atoms with Gasteiger partial charge in [0.1, 0.15) is 5.75 Å². The third-order valence-electron chi connectivity index (χ3n) is 5.76. The van der Waals surface area contributed by atoms with E-state index in [1.54, 1.807) is 44.8 Å². The van der Waals surface area contributed by atoms with Crippen molar-refractivity contribution in [1.29, 1.82) is 0 Å². The molecule has 11 heteroatoms. The number of carbonyl (C=O) groups excluding carboxylic acids is 1. The monoisotopic (exact) mass is 746 g/mol. The Balaban J connectivity index is 1.96. The molecule has 0 saturated heterocycles. The lowest BCUT2D eigenvalue weighted by Gasteiger charge is -2.25. The van der Waals surface area contributed by atoms with Gasteiger partial charge < -0.3 is 18.9 Å². The first kappa shape index (κ1) is 27.6. The Morgan fingerprint density at radius 3 is 2.35 bits per heavy atom. The second kappa shape index (κ2) is 11.6. The zero-order valence-corrected chi connectivity index (χ0v) is 25.9. The minimum atomic E-state index is -0.742. The number of esters is 1. The summed E-state index contributed by atoms with van der Waals surface area (Å²) in [4.78, 5) is 32.1. The van der Waals surface area contributed by atoms with Crippen molar-refractivity contribution >= 4 is 68.6 Å². The molecular formula is C26H24I2N2O6S. The maximum atomic E-state index is 13.8. The average Bonchev–Trinajstić information content (AvgIpc) is 3.16. The van der Waals surface area contributed by atoms with E-state index < -0.39 is 12.0 Å². The first-order chi connectivity index (χ1) is 17.7. The Bertz CT molecular complexity index is 1570. The van der Waals surface area contributed by atoms with Crippen molar-refractivity contribution in [3.8, 4) is 17.2 Å². The summed E-state index contributed by atoms with van der Waals surface area (Å²) in [5.74, 6) is 1.31. The molecule has 0 N–H and O–H groups in total. The number of methoxy groups -OCH3 is 3. The Kier molecular flexibility index (Phi) is 8.63. The predicted molar refractivity (Wildman–Crippen MR) is 158 cm³/mol. The summed E-state index contributed by atoms with van der Waals surface area (Å²) in [6.45, 7) is 3.70. The van der Waals surface area contributed by atoms with Crippen LogP contribution in [0, 0.1) is 7.14 Å². The fourth-order valence-electron chi connectivity index (χ4n) is 4.14. The summed E-state index contributed by atoms with van der Waals surface area (Å²) >= 11 is 5.70. The summed E-state index contributed by atoms with van der Waals surface area (Å²) in [6, 6.07) is 8.51. The van der Waals surface area contributed by atoms with Crippen molar-refractivity contribution in [3.63, 3.8) is 0 Å². The van der Waals surface area contributed by atoms with Gasteiger partial charge >= 0.3 is 5.97 Å². The van der Waals surface area contributed by atoms with Gasteiger partial charge in [0.05, 0.1) is 56.9 Å². The molecule has 2 aromatic carbocycles. The number of carbonyl (C=O) groups is 1. The highest BCUT2D eigenvalue weighted by molar-refractivity contribution is 14.1. The van der Waals surface area contributed by atoms with E-state index in [0.29, 0.717) is 37.7 Å². The fraction of sp³-hybridized carbons (Fsp3) is 0.269. The highest BCUT2D eigenvalue weighted by Gasteiger charge is 2.34. The zero-order chi connectivity index (χ0) is 26.9. The number of allylic oxidation sites excluding steroid dienone is 1. The fourth-order valence-corrected chi connectivity index (χ4v) is 7.44. The van der Waals surface area contributed by atoms with Crippen LogP contribution in [0.3, 0.4) is 0 Å². The van der Waals surface area contributed by atoms with Crippen LogP contribution in [0.5, 0.6) is 17.2 Å². The zero-order valence-electron chi connectivity index (χ0n) is 20.8. The van der Waals surface area contributed by atoms with Gasteiger partial charge in [0.25, 0.3) is 5.56 Å². The number of rotatable bonds is 7. The van der Waals surface area contributed by atoms with Crippen LogP contribution in [0.2, 0.25) is 0 Å². The van der Waals surface area contributed by atoms with Crippen LogP contribution in [0.4, 0.5) is 0 Å². The van der Waals surface area contributed by atoms with Gasteiger partial charge in [0, 0.05) is 0 Å². The first-order valence-electron chi connectivity index (χ1n) is 11.2. The molecule has 37 heavy (non-hydrogen) atoms. The van der Waals surface area contributed by atoms with Gasteiger partial charge in [-0.2, -0.15) is 0 Å². The van der Waals surface area contributed by atoms with Gasteiger partial charge in [-0.15, -0.1) is 0 Å². The van der Waals surface area contributed by atoms with Gasteiger partial charge in [-0.05, 0) is 100 Å². The van der Waals surface area contributed by atoms with Crippen LogP contribution in [-0.4, -0.2) is 38.5 Å². The maximum Gasteiger partial charge on any atom is 0.338 e. The van der Waals surface area contributed by atoms with E-state index in [1.807, 2.05) is 24.3 Å². The van der Waals surface area contributed by atoms with Crippen LogP contribution in [0.1, 0.15) is 31.0 Å². The molecule has 2 heterocycles. The molecule has 0 unspecified atom stereocenters. The molecule has 0 amide bonds. The summed E-state index contributed by atoms with van der Waals surface area (Å²) in [6.07, 6.45) is 1.84. The summed E-state index contributed by atoms with van der Waals surface area (Å²) < 4.78 is 25.6. The number of nitrogens with zero attached hydrogens (tertiary/aromatic N) is 2. The second-order valence-electron chi connectivity index (χ2n) is 7.93. The lowest BCUT2D eigenvalue weighted by atomic mass is 9.95. The molecule has 1 aromatic heterocycles. The SMILES string of the molecule is CCOC(=O)C1=C(C)N=c2s/c(=C\c3cc(I)c(OC)c(I)c3)c(=O)n2[C@@H]1c1ccc(OC)c(OC)c1. The number of benzene rings is 2. The molecule has 3 aromatic rings. The quantitative estimate of drug-likeness (QED) is 0.268. The van der Waals surface area contributed by atoms with Crippen molar-refractivity contribution in [1.82, 2.24) is 4.57 Å². The molecule has 0 radical (unpaired) electrons. The molecule has 8 nitrogen and oxygen atoms in total. The largest absolute Gasteiger partial charge is 0.495 e. The number of ether oxygens (including phenoxy) is 4. The summed E-state index contributed by atoms with van der Waals surface area (Å²) in [5.41, 5.74) is 2.10. The number of aromatic nitrogens is 1. The average molecular weight is 746 g/mol. The third-order valence-corrected chi connectivity index (χ3v) is 8.35. The molecular weight excluding hydrogens is 722 g/mol. The Morgan fingerprint density at radius 2 is 1.76 bits per heavy atom. The highest BCUT2D eigenvalue weighted by atomic mass is 127. The lowest BCUT2D eigenvalue weighted by molar-refractivity contribution is -0.139. The van der Waals surface area contributed by atoms with Crippen molar-refractivity contribution < 1.29 is 23.7 Å². The van der Waals surface area contributed by atoms with Gasteiger partial charge in [0.15, 0.2) is 16.3 Å². The van der Waals surface area contributed by atoms with Crippen molar-refractivity contribution in [2.24, 2.45) is 4.99 Å². The predicted octanol–water partition coefficient (Wildman–Crippen LogP) is 4.03. The molecule has 0 spiro atoms. The minimum absolute atomic E-state index is 0.202. The molecule has 0 aliphatic carbocycles. The van der Waals surface area contributed by atoms with Gasteiger partial charge in [0.2, 0.25) is 0 Å². The van der Waals surface area contributed by atoms with Gasteiger partial charge in [-0.1, -0.05) is 17.4 Å². The smallest absolute Gasteiger partial charge is 0.338 e. The van der Waals surface area contributed by atoms with E-state index in [-0.39, 0.29) is 12.2 Å². The molecule has 194 valence electrons. The number of hydrogen-bond donors (Lipinski definition) is 0. The van der Waals surface area contributed by atoms with Gasteiger partial charge in [-0.3, -0.25) is 9.36 Å². The molecule has 1 atom stereocenters. The molecule has 4 rings (SSSR count). The van der Waals surface area contributed by atoms with E-state index in [4.69, 9.17) is 18.9 Å². The summed E-state index contributed by atoms with van der Waals surface area (Å²) in [7, 11) is 4.73. The Morgan fingerprint density at radius 1 is 1.08 bits per heavy atom. The van der Waals surface area contributed by atoms with Crippen LogP contribution < -0.4 is 29.1 Å². The minimum Gasteiger partial charge on any atom is -0.495 e. The molecule has 1 aliphatic rings. The maximum absolute atomic E-state index is 13.8. The second-order valence-corrected chi connectivity index (χ2v) is 11.3. The molecule has 0 fully saturated rings. The normalized spacial score (nSPS) is 15.2. The van der Waals surface area contributed by atoms with E-state index >= 15 is 0 Å². The molecule has 1 aliphatic heterocycles. The van der Waals surface area contributed by atoms with E-state index in [2.05, 4.69) is 50.2 Å². The lowest BCUT2D eigenvalue weighted by Crippen LogP contribution is -2.40. The van der Waals surface area contributed by atoms with Crippen LogP contribution in [0.25, 0.3) is 6.08 Å². The van der Waals surface area contributed by atoms with Crippen LogP contribution >= 0.6 is 56.5 Å². The molecule has 0 saturated carbocycles. The molecule has 0 bridgehead atoms. The topological polar surface area (TPSA) is 88.4 Å². The Labute approximate surface area is 244 Å². The van der Waals surface area contributed by atoms with Gasteiger partial charge in [-0.25, -0.2) is 9.79 Å². The standard InChI is InChI=1S/C26H24I2N2O6S/c1-6-36-25(32)21-13(2)29-26-30(22(21)15-7-8-18(33-3)19(12-15)34-4)24(31)20(37-26)11-14-9-16(27)23(35-5)17(28)10-14/h7-12,22H,6H2,1-5H3/b20-11-/t22-/m1/s1. The van der Waals surface area contributed by atoms with Crippen molar-refractivity contribution in [2.75, 3.05) is 27.9 Å². The Hall–Kier alpha value is -2.39. The number of fused-ring (bicyclic) bond motifs is 1. The van der Waals surface area contributed by atoms with E-state index in [0.717, 1.165) is 18.5 Å². The summed E-state index contributed by atoms with van der Waals surface area (Å²) in [5, 5.41) is 0. The van der Waals surface area contributed by atoms with Crippen molar-refractivity contribution in [2.45, 2.75) is 19.9 Å². The van der Waals surface area contributed by atoms with Crippen molar-refractivity contribution in [3.05, 3.63) is 79.6 Å². The number of thiazole rings is 1.